The van der Waals surface area contributed by atoms with E-state index in [2.05, 4.69) is 66.7 Å². The Balaban J connectivity index is 2.78. The summed E-state index contributed by atoms with van der Waals surface area (Å²) in [5.74, 6) is 0. The molecule has 1 rings (SSSR count). The second-order valence-electron chi connectivity index (χ2n) is 5.05. The van der Waals surface area contributed by atoms with Gasteiger partial charge >= 0.3 is 0 Å². The van der Waals surface area contributed by atoms with Gasteiger partial charge in [-0.2, -0.15) is 0 Å². The van der Waals surface area contributed by atoms with E-state index in [1.807, 2.05) is 0 Å². The third-order valence-corrected chi connectivity index (χ3v) is 4.14. The number of hydrogen-bond acceptors (Lipinski definition) is 1. The summed E-state index contributed by atoms with van der Waals surface area (Å²) >= 11 is 3.57. The van der Waals surface area contributed by atoms with Crippen LogP contribution in [-0.2, 0) is 6.54 Å². The van der Waals surface area contributed by atoms with Gasteiger partial charge in [0.2, 0.25) is 0 Å². The number of nitrogens with zero attached hydrogens (tertiary/aromatic N) is 1. The monoisotopic (exact) mass is 311 g/mol. The highest BCUT2D eigenvalue weighted by atomic mass is 79.9. The minimum atomic E-state index is 0.698. The molecule has 0 aliphatic carbocycles. The average Bonchev–Trinajstić information content (AvgIpc) is 2.35. The maximum Gasteiger partial charge on any atom is 0.0237 e. The molecule has 0 aliphatic rings. The van der Waals surface area contributed by atoms with Crippen LogP contribution >= 0.6 is 15.9 Å². The molecule has 0 aromatic heterocycles. The van der Waals surface area contributed by atoms with Gasteiger partial charge in [-0.25, -0.2) is 0 Å². The predicted octanol–water partition coefficient (Wildman–Crippen LogP) is 4.69. The molecule has 1 aromatic rings. The summed E-state index contributed by atoms with van der Waals surface area (Å²) in [6.45, 7) is 11.1. The quantitative estimate of drug-likeness (QED) is 0.660. The van der Waals surface area contributed by atoms with Gasteiger partial charge < -0.3 is 0 Å². The molecule has 0 saturated carbocycles. The molecule has 102 valence electrons. The van der Waals surface area contributed by atoms with E-state index in [-0.39, 0.29) is 0 Å². The van der Waals surface area contributed by atoms with E-state index in [0.29, 0.717) is 6.04 Å². The molecule has 0 aliphatic heterocycles. The van der Waals surface area contributed by atoms with E-state index >= 15 is 0 Å². The number of alkyl halides is 1. The molecule has 0 amide bonds. The van der Waals surface area contributed by atoms with E-state index in [4.69, 9.17) is 0 Å². The molecule has 0 heterocycles. The van der Waals surface area contributed by atoms with Gasteiger partial charge in [0, 0.05) is 24.5 Å². The van der Waals surface area contributed by atoms with Crippen LogP contribution in [0.15, 0.2) is 18.2 Å². The first-order valence-electron chi connectivity index (χ1n) is 6.98. The molecular weight excluding hydrogens is 286 g/mol. The fraction of sp³-hybridized carbons (Fsp3) is 0.625. The van der Waals surface area contributed by atoms with Crippen LogP contribution in [0, 0.1) is 13.8 Å². The minimum Gasteiger partial charge on any atom is -0.295 e. The van der Waals surface area contributed by atoms with Crippen molar-refractivity contribution in [2.75, 3.05) is 11.9 Å². The van der Waals surface area contributed by atoms with E-state index in [1.165, 1.54) is 29.5 Å². The summed E-state index contributed by atoms with van der Waals surface area (Å²) < 4.78 is 0. The van der Waals surface area contributed by atoms with Gasteiger partial charge in [-0.3, -0.25) is 4.90 Å². The molecule has 0 atom stereocenters. The first kappa shape index (κ1) is 15.7. The van der Waals surface area contributed by atoms with Crippen molar-refractivity contribution >= 4 is 15.9 Å². The fourth-order valence-electron chi connectivity index (χ4n) is 2.44. The van der Waals surface area contributed by atoms with Crippen LogP contribution in [0.5, 0.6) is 0 Å². The number of rotatable bonds is 7. The number of hydrogen-bond donors (Lipinski definition) is 0. The molecule has 1 aromatic carbocycles. The van der Waals surface area contributed by atoms with Crippen LogP contribution in [0.3, 0.4) is 0 Å². The van der Waals surface area contributed by atoms with Gasteiger partial charge in [0.15, 0.2) is 0 Å². The van der Waals surface area contributed by atoms with Gasteiger partial charge in [-0.15, -0.1) is 0 Å². The second kappa shape index (κ2) is 7.96. The van der Waals surface area contributed by atoms with Crippen LogP contribution in [0.2, 0.25) is 0 Å². The molecule has 0 bridgehead atoms. The van der Waals surface area contributed by atoms with Gasteiger partial charge in [-0.05, 0) is 43.4 Å². The molecule has 0 unspecified atom stereocenters. The zero-order chi connectivity index (χ0) is 13.5. The lowest BCUT2D eigenvalue weighted by molar-refractivity contribution is 0.189. The lowest BCUT2D eigenvalue weighted by atomic mass is 10.0. The summed E-state index contributed by atoms with van der Waals surface area (Å²) in [7, 11) is 0. The van der Waals surface area contributed by atoms with Gasteiger partial charge in [0.25, 0.3) is 0 Å². The smallest absolute Gasteiger partial charge is 0.0237 e. The zero-order valence-corrected chi connectivity index (χ0v) is 13.8. The van der Waals surface area contributed by atoms with E-state index in [9.17, 15) is 0 Å². The second-order valence-corrected chi connectivity index (χ2v) is 5.84. The molecule has 0 spiro atoms. The molecule has 0 radical (unpaired) electrons. The predicted molar refractivity (Wildman–Crippen MR) is 84.5 cm³/mol. The highest BCUT2D eigenvalue weighted by molar-refractivity contribution is 9.09. The Hall–Kier alpha value is -0.340. The summed E-state index contributed by atoms with van der Waals surface area (Å²) in [4.78, 5) is 2.60. The third kappa shape index (κ3) is 4.40. The normalized spacial score (nSPS) is 11.5. The Morgan fingerprint density at radius 2 is 1.78 bits per heavy atom. The number of aryl methyl sites for hydroxylation is 2. The van der Waals surface area contributed by atoms with E-state index in [0.717, 1.165) is 18.4 Å². The maximum absolute atomic E-state index is 3.57. The number of benzene rings is 1. The van der Waals surface area contributed by atoms with E-state index < -0.39 is 0 Å². The van der Waals surface area contributed by atoms with Crippen molar-refractivity contribution in [1.82, 2.24) is 4.90 Å². The SMILES string of the molecule is CCC(CC)N(CCBr)Cc1ccc(C)c(C)c1. The fourth-order valence-corrected chi connectivity index (χ4v) is 2.90. The van der Waals surface area contributed by atoms with Crippen molar-refractivity contribution in [3.63, 3.8) is 0 Å². The minimum absolute atomic E-state index is 0.698. The summed E-state index contributed by atoms with van der Waals surface area (Å²) in [6.07, 6.45) is 2.46. The highest BCUT2D eigenvalue weighted by Crippen LogP contribution is 2.16. The van der Waals surface area contributed by atoms with E-state index in [1.54, 1.807) is 0 Å². The summed E-state index contributed by atoms with van der Waals surface area (Å²) in [5, 5.41) is 1.05. The maximum atomic E-state index is 3.57. The van der Waals surface area contributed by atoms with Gasteiger partial charge in [0.05, 0.1) is 0 Å². The van der Waals surface area contributed by atoms with Crippen molar-refractivity contribution in [3.05, 3.63) is 34.9 Å². The van der Waals surface area contributed by atoms with Crippen LogP contribution < -0.4 is 0 Å². The largest absolute Gasteiger partial charge is 0.295 e. The molecular formula is C16H26BrN. The summed E-state index contributed by atoms with van der Waals surface area (Å²) in [6, 6.07) is 7.54. The topological polar surface area (TPSA) is 3.24 Å². The first-order valence-corrected chi connectivity index (χ1v) is 8.10. The Kier molecular flexibility index (Phi) is 6.95. The van der Waals surface area contributed by atoms with Crippen LogP contribution in [0.25, 0.3) is 0 Å². The van der Waals surface area contributed by atoms with Gasteiger partial charge in [-0.1, -0.05) is 48.0 Å². The van der Waals surface area contributed by atoms with Crippen molar-refractivity contribution in [2.24, 2.45) is 0 Å². The lowest BCUT2D eigenvalue weighted by Crippen LogP contribution is -2.35. The average molecular weight is 312 g/mol. The third-order valence-electron chi connectivity index (χ3n) is 3.79. The molecule has 2 heteroatoms. The molecule has 0 saturated heterocycles. The van der Waals surface area contributed by atoms with Crippen LogP contribution in [-0.4, -0.2) is 22.8 Å². The molecule has 1 nitrogen and oxygen atoms in total. The van der Waals surface area contributed by atoms with Crippen molar-refractivity contribution in [2.45, 2.75) is 53.1 Å². The molecule has 18 heavy (non-hydrogen) atoms. The van der Waals surface area contributed by atoms with Crippen molar-refractivity contribution in [1.29, 1.82) is 0 Å². The highest BCUT2D eigenvalue weighted by Gasteiger charge is 2.14. The zero-order valence-electron chi connectivity index (χ0n) is 12.2. The Labute approximate surface area is 121 Å². The Morgan fingerprint density at radius 3 is 2.28 bits per heavy atom. The van der Waals surface area contributed by atoms with Gasteiger partial charge in [0.1, 0.15) is 0 Å². The standard InChI is InChI=1S/C16H26BrN/c1-5-16(6-2)18(10-9-17)12-15-8-7-13(3)14(4)11-15/h7-8,11,16H,5-6,9-10,12H2,1-4H3. The first-order chi connectivity index (χ1) is 8.62. The van der Waals surface area contributed by atoms with Crippen LogP contribution in [0.4, 0.5) is 0 Å². The number of halogens is 1. The lowest BCUT2D eigenvalue weighted by Gasteiger charge is -2.30. The van der Waals surface area contributed by atoms with Crippen molar-refractivity contribution < 1.29 is 0 Å². The molecule has 0 fully saturated rings. The van der Waals surface area contributed by atoms with Crippen LogP contribution in [0.1, 0.15) is 43.4 Å². The Bertz CT molecular complexity index is 358. The summed E-state index contributed by atoms with van der Waals surface area (Å²) in [5.41, 5.74) is 4.22. The Morgan fingerprint density at radius 1 is 1.11 bits per heavy atom. The van der Waals surface area contributed by atoms with Crippen molar-refractivity contribution in [3.8, 4) is 0 Å². The molecule has 0 N–H and O–H groups in total.